The zero-order valence-electron chi connectivity index (χ0n) is 12.7. The van der Waals surface area contributed by atoms with E-state index in [2.05, 4.69) is 4.98 Å². The number of thiazole rings is 1. The first-order chi connectivity index (χ1) is 11.5. The molecule has 2 amide bonds. The minimum atomic E-state index is -0.629. The van der Waals surface area contributed by atoms with Gasteiger partial charge in [0, 0.05) is 42.3 Å². The van der Waals surface area contributed by atoms with Gasteiger partial charge in [-0.25, -0.2) is 4.39 Å². The lowest BCUT2D eigenvalue weighted by atomic mass is 10.1. The second kappa shape index (κ2) is 7.27. The van der Waals surface area contributed by atoms with Crippen molar-refractivity contribution in [1.29, 1.82) is 0 Å². The zero-order chi connectivity index (χ0) is 17.1. The van der Waals surface area contributed by atoms with Gasteiger partial charge in [0.05, 0.1) is 17.5 Å². The SMILES string of the molecule is O=C(Cc1cncs1)N1CCN(C(=O)c2ccc(Cl)cc2F)CC1. The fourth-order valence-electron chi connectivity index (χ4n) is 2.58. The van der Waals surface area contributed by atoms with Gasteiger partial charge in [0.2, 0.25) is 5.91 Å². The van der Waals surface area contributed by atoms with E-state index in [0.717, 1.165) is 10.9 Å². The maximum absolute atomic E-state index is 13.9. The van der Waals surface area contributed by atoms with Gasteiger partial charge in [0.1, 0.15) is 5.82 Å². The highest BCUT2D eigenvalue weighted by Gasteiger charge is 2.26. The fraction of sp³-hybridized carbons (Fsp3) is 0.312. The van der Waals surface area contributed by atoms with E-state index in [0.29, 0.717) is 32.6 Å². The van der Waals surface area contributed by atoms with Gasteiger partial charge in [-0.3, -0.25) is 14.6 Å². The van der Waals surface area contributed by atoms with Crippen LogP contribution in [-0.2, 0) is 11.2 Å². The van der Waals surface area contributed by atoms with Crippen molar-refractivity contribution in [3.05, 3.63) is 51.2 Å². The van der Waals surface area contributed by atoms with Crippen LogP contribution in [0, 0.1) is 5.82 Å². The molecule has 3 rings (SSSR count). The molecule has 5 nitrogen and oxygen atoms in total. The van der Waals surface area contributed by atoms with Crippen LogP contribution >= 0.6 is 22.9 Å². The minimum absolute atomic E-state index is 0.00355. The molecule has 8 heteroatoms. The van der Waals surface area contributed by atoms with E-state index in [1.807, 2.05) is 0 Å². The number of piperazine rings is 1. The highest BCUT2D eigenvalue weighted by Crippen LogP contribution is 2.17. The molecular formula is C16H15ClFN3O2S. The first-order valence-electron chi connectivity index (χ1n) is 7.44. The van der Waals surface area contributed by atoms with Crippen molar-refractivity contribution in [3.8, 4) is 0 Å². The summed E-state index contributed by atoms with van der Waals surface area (Å²) in [6, 6.07) is 4.01. The van der Waals surface area contributed by atoms with Crippen molar-refractivity contribution in [2.75, 3.05) is 26.2 Å². The number of hydrogen-bond acceptors (Lipinski definition) is 4. The Morgan fingerprint density at radius 1 is 1.21 bits per heavy atom. The van der Waals surface area contributed by atoms with Crippen molar-refractivity contribution in [3.63, 3.8) is 0 Å². The molecule has 126 valence electrons. The molecule has 1 aliphatic rings. The van der Waals surface area contributed by atoms with Gasteiger partial charge in [-0.1, -0.05) is 11.6 Å². The second-order valence-electron chi connectivity index (χ2n) is 5.44. The molecule has 2 heterocycles. The summed E-state index contributed by atoms with van der Waals surface area (Å²) < 4.78 is 13.9. The van der Waals surface area contributed by atoms with E-state index in [-0.39, 0.29) is 22.4 Å². The Balaban J connectivity index is 1.58. The average Bonchev–Trinajstić information content (AvgIpc) is 3.07. The number of carbonyl (C=O) groups excluding carboxylic acids is 2. The summed E-state index contributed by atoms with van der Waals surface area (Å²) in [5.41, 5.74) is 1.70. The van der Waals surface area contributed by atoms with E-state index in [9.17, 15) is 14.0 Å². The quantitative estimate of drug-likeness (QED) is 0.837. The van der Waals surface area contributed by atoms with Crippen molar-refractivity contribution in [2.45, 2.75) is 6.42 Å². The van der Waals surface area contributed by atoms with Crippen molar-refractivity contribution >= 4 is 34.8 Å². The molecule has 24 heavy (non-hydrogen) atoms. The van der Waals surface area contributed by atoms with Crippen LogP contribution in [0.4, 0.5) is 4.39 Å². The molecule has 1 aromatic heterocycles. The number of rotatable bonds is 3. The predicted molar refractivity (Wildman–Crippen MR) is 89.7 cm³/mol. The number of benzene rings is 1. The maximum atomic E-state index is 13.9. The van der Waals surface area contributed by atoms with Gasteiger partial charge in [0.15, 0.2) is 0 Å². The molecule has 2 aromatic rings. The lowest BCUT2D eigenvalue weighted by molar-refractivity contribution is -0.131. The van der Waals surface area contributed by atoms with Crippen LogP contribution in [0.2, 0.25) is 5.02 Å². The van der Waals surface area contributed by atoms with Gasteiger partial charge < -0.3 is 9.80 Å². The number of hydrogen-bond donors (Lipinski definition) is 0. The van der Waals surface area contributed by atoms with Crippen LogP contribution in [0.1, 0.15) is 15.2 Å². The molecule has 1 saturated heterocycles. The Morgan fingerprint density at radius 3 is 2.54 bits per heavy atom. The fourth-order valence-corrected chi connectivity index (χ4v) is 3.33. The summed E-state index contributed by atoms with van der Waals surface area (Å²) >= 11 is 7.15. The highest BCUT2D eigenvalue weighted by molar-refractivity contribution is 7.09. The molecule has 1 fully saturated rings. The topological polar surface area (TPSA) is 53.5 Å². The van der Waals surface area contributed by atoms with Crippen LogP contribution in [0.5, 0.6) is 0 Å². The van der Waals surface area contributed by atoms with Crippen molar-refractivity contribution in [2.24, 2.45) is 0 Å². The molecule has 0 saturated carbocycles. The zero-order valence-corrected chi connectivity index (χ0v) is 14.3. The number of halogens is 2. The Hall–Kier alpha value is -1.99. The monoisotopic (exact) mass is 367 g/mol. The molecule has 0 radical (unpaired) electrons. The second-order valence-corrected chi connectivity index (χ2v) is 6.85. The normalized spacial score (nSPS) is 14.8. The third kappa shape index (κ3) is 3.73. The summed E-state index contributed by atoms with van der Waals surface area (Å²) in [6.45, 7) is 1.65. The summed E-state index contributed by atoms with van der Waals surface area (Å²) in [6.07, 6.45) is 2.01. The average molecular weight is 368 g/mol. The molecule has 1 aliphatic heterocycles. The third-order valence-electron chi connectivity index (χ3n) is 3.89. The van der Waals surface area contributed by atoms with Gasteiger partial charge in [0.25, 0.3) is 5.91 Å². The predicted octanol–water partition coefficient (Wildman–Crippen LogP) is 2.46. The number of carbonyl (C=O) groups is 2. The van der Waals surface area contributed by atoms with Crippen LogP contribution in [0.15, 0.2) is 29.9 Å². The van der Waals surface area contributed by atoms with Gasteiger partial charge in [-0.2, -0.15) is 0 Å². The van der Waals surface area contributed by atoms with E-state index >= 15 is 0 Å². The molecule has 0 bridgehead atoms. The Labute approximate surface area is 147 Å². The summed E-state index contributed by atoms with van der Waals surface area (Å²) in [7, 11) is 0. The summed E-state index contributed by atoms with van der Waals surface area (Å²) in [5, 5.41) is 0.252. The van der Waals surface area contributed by atoms with Gasteiger partial charge in [-0.15, -0.1) is 11.3 Å². The first-order valence-corrected chi connectivity index (χ1v) is 8.70. The molecule has 1 aromatic carbocycles. The van der Waals surface area contributed by atoms with Crippen LogP contribution in [-0.4, -0.2) is 52.8 Å². The first kappa shape index (κ1) is 16.9. The standard InChI is InChI=1S/C16H15ClFN3O2S/c17-11-1-2-13(14(18)7-11)16(23)21-5-3-20(4-6-21)15(22)8-12-9-19-10-24-12/h1-2,7,9-10H,3-6,8H2. The molecule has 0 atom stereocenters. The van der Waals surface area contributed by atoms with Crippen LogP contribution in [0.25, 0.3) is 0 Å². The highest BCUT2D eigenvalue weighted by atomic mass is 35.5. The van der Waals surface area contributed by atoms with E-state index < -0.39 is 5.82 Å². The van der Waals surface area contributed by atoms with Crippen LogP contribution < -0.4 is 0 Å². The number of amides is 2. The van der Waals surface area contributed by atoms with Crippen molar-refractivity contribution < 1.29 is 14.0 Å². The van der Waals surface area contributed by atoms with Crippen molar-refractivity contribution in [1.82, 2.24) is 14.8 Å². The molecule has 0 N–H and O–H groups in total. The lowest BCUT2D eigenvalue weighted by Gasteiger charge is -2.34. The van der Waals surface area contributed by atoms with Crippen LogP contribution in [0.3, 0.4) is 0 Å². The molecule has 0 unspecified atom stereocenters. The number of nitrogens with zero attached hydrogens (tertiary/aromatic N) is 3. The maximum Gasteiger partial charge on any atom is 0.256 e. The van der Waals surface area contributed by atoms with Gasteiger partial charge in [-0.05, 0) is 18.2 Å². The van der Waals surface area contributed by atoms with E-state index in [1.54, 1.807) is 21.5 Å². The minimum Gasteiger partial charge on any atom is -0.339 e. The summed E-state index contributed by atoms with van der Waals surface area (Å²) in [4.78, 5) is 32.8. The largest absolute Gasteiger partial charge is 0.339 e. The molecule has 0 aliphatic carbocycles. The molecule has 0 spiro atoms. The smallest absolute Gasteiger partial charge is 0.256 e. The third-order valence-corrected chi connectivity index (χ3v) is 4.90. The Kier molecular flexibility index (Phi) is 5.11. The number of aromatic nitrogens is 1. The summed E-state index contributed by atoms with van der Waals surface area (Å²) in [5.74, 6) is -0.987. The van der Waals surface area contributed by atoms with E-state index in [1.165, 1.54) is 23.5 Å². The van der Waals surface area contributed by atoms with Gasteiger partial charge >= 0.3 is 0 Å². The lowest BCUT2D eigenvalue weighted by Crippen LogP contribution is -2.51. The molecular weight excluding hydrogens is 353 g/mol. The van der Waals surface area contributed by atoms with E-state index in [4.69, 9.17) is 11.6 Å². The Morgan fingerprint density at radius 2 is 1.92 bits per heavy atom. The Bertz CT molecular complexity index is 746.